The van der Waals surface area contributed by atoms with Gasteiger partial charge in [-0.3, -0.25) is 58.8 Å². The van der Waals surface area contributed by atoms with Crippen molar-refractivity contribution in [2.24, 2.45) is 23.7 Å². The van der Waals surface area contributed by atoms with E-state index in [1.165, 1.54) is 75.1 Å². The van der Waals surface area contributed by atoms with Gasteiger partial charge in [-0.05, 0) is 80.2 Å². The maximum atomic E-state index is 13.4. The van der Waals surface area contributed by atoms with Crippen LogP contribution in [0.4, 0.5) is 21.0 Å². The lowest BCUT2D eigenvalue weighted by Gasteiger charge is -2.46. The van der Waals surface area contributed by atoms with Gasteiger partial charge in [-0.1, -0.05) is 58.1 Å². The first kappa shape index (κ1) is 63.7. The lowest BCUT2D eigenvalue weighted by atomic mass is 9.79. The molecule has 12 atom stereocenters. The lowest BCUT2D eigenvalue weighted by Crippen LogP contribution is -2.66. The van der Waals surface area contributed by atoms with Crippen LogP contribution in [0.25, 0.3) is 0 Å². The van der Waals surface area contributed by atoms with Crippen molar-refractivity contribution in [1.82, 2.24) is 30.2 Å². The zero-order valence-electron chi connectivity index (χ0n) is 46.9. The molecule has 3 N–H and O–H groups in total. The minimum absolute atomic E-state index is 0.0217. The van der Waals surface area contributed by atoms with Crippen LogP contribution in [0.3, 0.4) is 0 Å². The number of non-ortho nitro benzene ring substituents is 2. The number of carbonyl (C=O) groups excluding carboxylic acids is 8. The summed E-state index contributed by atoms with van der Waals surface area (Å²) < 4.78 is 17.3. The molecule has 4 aliphatic heterocycles. The molecule has 6 amide bonds. The Bertz CT molecular complexity index is 2620. The van der Waals surface area contributed by atoms with Crippen molar-refractivity contribution in [3.05, 3.63) is 79.9 Å². The average Bonchev–Trinajstić information content (AvgIpc) is 4.02. The number of nitro groups is 2. The van der Waals surface area contributed by atoms with Crippen LogP contribution in [-0.2, 0) is 55.9 Å². The molecule has 4 saturated heterocycles. The Morgan fingerprint density at radius 3 is 1.34 bits per heavy atom. The van der Waals surface area contributed by atoms with Crippen LogP contribution in [0.15, 0.2) is 48.5 Å². The van der Waals surface area contributed by atoms with Gasteiger partial charge in [0.25, 0.3) is 11.4 Å². The van der Waals surface area contributed by atoms with Crippen molar-refractivity contribution in [2.75, 3.05) is 41.3 Å². The summed E-state index contributed by atoms with van der Waals surface area (Å²) in [6.45, 7) is 17.6. The van der Waals surface area contributed by atoms with Crippen LogP contribution in [-0.4, -0.2) is 177 Å². The molecule has 0 aromatic heterocycles. The largest absolute Gasteiger partial charge is 0.445 e. The van der Waals surface area contributed by atoms with Gasteiger partial charge in [0.1, 0.15) is 25.3 Å². The molecule has 10 unspecified atom stereocenters. The van der Waals surface area contributed by atoms with Gasteiger partial charge in [-0.15, -0.1) is 0 Å². The third-order valence-corrected chi connectivity index (χ3v) is 22.3. The monoisotopic (exact) mass is 1160 g/mol. The molecule has 24 nitrogen and oxygen atoms in total. The SMILES string of the molecule is CC(O)C1C(=O)NC1[C@@H](C)C(=O)SC1CC(C(=O)N(C)C)N(C(=O)OCc2ccc([N+](=O)[O-])cc2)C1.CC(O[Si](C)(C)C(C)(C)C)C1C(=O)NC1[C@@H](C)C(=O)SC1CC(C(=O)N(C)C)N(C(=O)OCc2ccc([N+](=O)[O-])cc2)C1. The molecule has 4 fully saturated rings. The maximum Gasteiger partial charge on any atom is 0.410 e. The normalized spacial score (nSPS) is 24.1. The fraction of sp³-hybridized carbons (Fsp3) is 0.615. The number of hydrogen-bond acceptors (Lipinski definition) is 18. The molecule has 79 heavy (non-hydrogen) atoms. The number of aliphatic hydroxyl groups is 1. The Hall–Kier alpha value is -6.16. The number of carbonyl (C=O) groups is 8. The summed E-state index contributed by atoms with van der Waals surface area (Å²) in [5.74, 6) is -3.14. The summed E-state index contributed by atoms with van der Waals surface area (Å²) >= 11 is 2.12. The van der Waals surface area contributed by atoms with E-state index in [1.807, 2.05) is 6.92 Å². The number of likely N-dealkylation sites (tertiary alicyclic amines) is 2. The van der Waals surface area contributed by atoms with Crippen molar-refractivity contribution in [2.45, 2.75) is 140 Å². The number of thioether (sulfide) groups is 2. The fourth-order valence-electron chi connectivity index (χ4n) is 9.40. The Kier molecular flexibility index (Phi) is 21.3. The fourth-order valence-corrected chi connectivity index (χ4v) is 13.2. The summed E-state index contributed by atoms with van der Waals surface area (Å²) in [6, 6.07) is 8.80. The molecule has 0 aliphatic carbocycles. The topological polar surface area (TPSA) is 308 Å². The van der Waals surface area contributed by atoms with E-state index < -0.39 is 78.3 Å². The molecule has 27 heteroatoms. The maximum absolute atomic E-state index is 13.4. The van der Waals surface area contributed by atoms with E-state index >= 15 is 0 Å². The van der Waals surface area contributed by atoms with Gasteiger partial charge in [0.15, 0.2) is 18.5 Å². The quantitative estimate of drug-likeness (QED) is 0.0734. The molecule has 0 spiro atoms. The van der Waals surface area contributed by atoms with Gasteiger partial charge < -0.3 is 39.4 Å². The minimum atomic E-state index is -2.13. The Morgan fingerprint density at radius 1 is 0.684 bits per heavy atom. The molecule has 434 valence electrons. The smallest absolute Gasteiger partial charge is 0.410 e. The zero-order chi connectivity index (χ0) is 59.2. The standard InChI is InChI=1S/C29H44N4O8SSi.C23H30N4O8S/c1-17(24-23(25(34)30-24)18(2)41-43(8,9)29(3,4)5)27(36)42-21-14-22(26(35)31(6)7)32(15-21)28(37)40-16-19-10-12-20(13-11-19)33(38)39;1-12(19-18(13(2)28)20(29)24-19)22(31)36-16-9-17(21(30)25(3)4)26(10-16)23(32)35-11-14-5-7-15(8-6-14)27(33)34/h10-13,17-18,21-24H,14-16H2,1-9H3,(H,30,34);5-8,12-13,16-19,28H,9-11H2,1-4H3,(H,24,29)/t17-,18?,21?,22?,23?,24?;12-,13?,16?,17?,18?,19?/m11/s1. The first-order chi connectivity index (χ1) is 36.7. The number of aliphatic hydroxyl groups excluding tert-OH is 1. The van der Waals surface area contributed by atoms with Crippen LogP contribution >= 0.6 is 23.5 Å². The molecule has 2 aromatic carbocycles. The predicted octanol–water partition coefficient (Wildman–Crippen LogP) is 5.34. The average molecular weight is 1160 g/mol. The van der Waals surface area contributed by atoms with Gasteiger partial charge in [0.2, 0.25) is 23.6 Å². The number of nitrogens with one attached hydrogen (secondary N) is 2. The van der Waals surface area contributed by atoms with Gasteiger partial charge in [-0.25, -0.2) is 9.59 Å². The van der Waals surface area contributed by atoms with Crippen molar-refractivity contribution in [3.63, 3.8) is 0 Å². The van der Waals surface area contributed by atoms with Gasteiger partial charge >= 0.3 is 12.2 Å². The number of ether oxygens (including phenoxy) is 2. The first-order valence-electron chi connectivity index (χ1n) is 25.9. The van der Waals surface area contributed by atoms with Crippen LogP contribution in [0.1, 0.15) is 72.4 Å². The highest BCUT2D eigenvalue weighted by atomic mass is 32.2. The Labute approximate surface area is 469 Å². The number of hydrogen-bond donors (Lipinski definition) is 3. The van der Waals surface area contributed by atoms with Crippen molar-refractivity contribution in [3.8, 4) is 0 Å². The summed E-state index contributed by atoms with van der Waals surface area (Å²) in [5, 5.41) is 36.0. The highest BCUT2D eigenvalue weighted by molar-refractivity contribution is 8.14. The molecule has 4 aliphatic rings. The molecule has 0 radical (unpaired) electrons. The van der Waals surface area contributed by atoms with Crippen molar-refractivity contribution < 1.29 is 67.2 Å². The number of amides is 6. The highest BCUT2D eigenvalue weighted by Gasteiger charge is 2.52. The number of benzene rings is 2. The summed E-state index contributed by atoms with van der Waals surface area (Å²) in [6.07, 6.45) is -2.11. The summed E-state index contributed by atoms with van der Waals surface area (Å²) in [5.41, 5.74) is 0.956. The number of β-lactam (4-membered cyclic amide) rings is 2. The molecule has 0 bridgehead atoms. The van der Waals surface area contributed by atoms with E-state index in [1.54, 1.807) is 42.0 Å². The van der Waals surface area contributed by atoms with Gasteiger partial charge in [-0.2, -0.15) is 0 Å². The molecular formula is C52H74N8O16S2Si. The predicted molar refractivity (Wildman–Crippen MR) is 296 cm³/mol. The first-order valence-corrected chi connectivity index (χ1v) is 30.5. The zero-order valence-corrected chi connectivity index (χ0v) is 49.5. The third-order valence-electron chi connectivity index (χ3n) is 15.2. The summed E-state index contributed by atoms with van der Waals surface area (Å²) in [4.78, 5) is 128. The number of nitro benzene ring substituents is 2. The van der Waals surface area contributed by atoms with Crippen molar-refractivity contribution in [1.29, 1.82) is 0 Å². The minimum Gasteiger partial charge on any atom is -0.445 e. The highest BCUT2D eigenvalue weighted by Crippen LogP contribution is 2.41. The Morgan fingerprint density at radius 2 is 1.04 bits per heavy atom. The van der Waals surface area contributed by atoms with Crippen molar-refractivity contribution >= 4 is 89.3 Å². The molecule has 6 rings (SSSR count). The van der Waals surface area contributed by atoms with Crippen LogP contribution in [0.5, 0.6) is 0 Å². The van der Waals surface area contributed by atoms with Gasteiger partial charge in [0.05, 0.1) is 46.0 Å². The van der Waals surface area contributed by atoms with Crippen LogP contribution in [0.2, 0.25) is 18.1 Å². The van der Waals surface area contributed by atoms with E-state index in [0.29, 0.717) is 11.1 Å². The van der Waals surface area contributed by atoms with E-state index in [4.69, 9.17) is 13.9 Å². The molecule has 4 heterocycles. The van der Waals surface area contributed by atoms with Crippen LogP contribution < -0.4 is 10.6 Å². The van der Waals surface area contributed by atoms with Crippen LogP contribution in [0, 0.1) is 43.9 Å². The van der Waals surface area contributed by atoms with E-state index in [2.05, 4.69) is 44.5 Å². The third kappa shape index (κ3) is 15.6. The molecule has 0 saturated carbocycles. The number of nitrogens with zero attached hydrogens (tertiary/aromatic N) is 6. The second-order valence-corrected chi connectivity index (χ2v) is 29.7. The second-order valence-electron chi connectivity index (χ2n) is 22.4. The number of likely N-dealkylation sites (N-methyl/N-ethyl adjacent to an activating group) is 2. The molecule has 2 aromatic rings. The summed E-state index contributed by atoms with van der Waals surface area (Å²) in [7, 11) is 4.22. The van der Waals surface area contributed by atoms with E-state index in [0.717, 1.165) is 23.5 Å². The number of rotatable bonds is 18. The molecular weight excluding hydrogens is 1080 g/mol. The Balaban J connectivity index is 0.000000295. The second kappa shape index (κ2) is 26.4. The van der Waals surface area contributed by atoms with E-state index in [9.17, 15) is 63.7 Å². The lowest BCUT2D eigenvalue weighted by molar-refractivity contribution is -0.385. The van der Waals surface area contributed by atoms with E-state index in [-0.39, 0.29) is 112 Å². The van der Waals surface area contributed by atoms with Gasteiger partial charge in [0, 0.05) is 87.9 Å².